The summed E-state index contributed by atoms with van der Waals surface area (Å²) in [6.07, 6.45) is 9.73. The predicted octanol–water partition coefficient (Wildman–Crippen LogP) is 4.39. The molecule has 0 fully saturated rings. The lowest BCUT2D eigenvalue weighted by atomic mass is 9.66. The second-order valence-electron chi connectivity index (χ2n) is 10.6. The van der Waals surface area contributed by atoms with Gasteiger partial charge in [-0.15, -0.1) is 0 Å². The van der Waals surface area contributed by atoms with E-state index >= 15 is 0 Å². The highest BCUT2D eigenvalue weighted by atomic mass is 16.5. The molecular weight excluding hydrogens is 448 g/mol. The number of hydrogen-bond donors (Lipinski definition) is 4. The third kappa shape index (κ3) is 9.36. The molecule has 0 radical (unpaired) electrons. The van der Waals surface area contributed by atoms with Gasteiger partial charge in [-0.25, -0.2) is 0 Å². The van der Waals surface area contributed by atoms with Crippen molar-refractivity contribution in [2.75, 3.05) is 0 Å². The van der Waals surface area contributed by atoms with Gasteiger partial charge in [0.25, 0.3) is 0 Å². The number of carbonyl (C=O) groups excluding carboxylic acids is 1. The highest BCUT2D eigenvalue weighted by Gasteiger charge is 2.42. The SMILES string of the molecule is CCCCC(CCCC)C(=O)O[C@H]1C[C@H](O)C=C2C=C[C@@H](C)[C@H](CC[C@@H](O)C[C@@H](O)CC(=O)O)[C@H]21. The predicted molar refractivity (Wildman–Crippen MR) is 135 cm³/mol. The number of rotatable bonds is 15. The van der Waals surface area contributed by atoms with Gasteiger partial charge in [-0.2, -0.15) is 0 Å². The molecule has 0 heterocycles. The largest absolute Gasteiger partial charge is 0.481 e. The van der Waals surface area contributed by atoms with Crippen LogP contribution in [0.15, 0.2) is 23.8 Å². The fourth-order valence-corrected chi connectivity index (χ4v) is 5.61. The maximum Gasteiger partial charge on any atom is 0.309 e. The minimum atomic E-state index is -1.09. The van der Waals surface area contributed by atoms with Gasteiger partial charge in [0.05, 0.1) is 30.7 Å². The summed E-state index contributed by atoms with van der Waals surface area (Å²) in [6.45, 7) is 6.34. The summed E-state index contributed by atoms with van der Waals surface area (Å²) in [5, 5.41) is 39.6. The van der Waals surface area contributed by atoms with Crippen LogP contribution < -0.4 is 0 Å². The molecule has 0 spiro atoms. The number of aliphatic hydroxyl groups excluding tert-OH is 3. The molecule has 0 unspecified atom stereocenters. The maximum atomic E-state index is 13.2. The Balaban J connectivity index is 2.11. The van der Waals surface area contributed by atoms with Crippen LogP contribution >= 0.6 is 0 Å². The first-order valence-electron chi connectivity index (χ1n) is 13.5. The third-order valence-corrected chi connectivity index (χ3v) is 7.57. The molecule has 4 N–H and O–H groups in total. The van der Waals surface area contributed by atoms with Crippen LogP contribution in [0.4, 0.5) is 0 Å². The number of ether oxygens (including phenoxy) is 1. The molecule has 0 aromatic heterocycles. The number of esters is 1. The average molecular weight is 495 g/mol. The Bertz CT molecular complexity index is 723. The Morgan fingerprint density at radius 2 is 1.74 bits per heavy atom. The second kappa shape index (κ2) is 14.8. The van der Waals surface area contributed by atoms with Gasteiger partial charge in [0.2, 0.25) is 0 Å². The Labute approximate surface area is 210 Å². The Morgan fingerprint density at radius 3 is 2.34 bits per heavy atom. The fraction of sp³-hybridized carbons (Fsp3) is 0.786. The molecule has 7 heteroatoms. The van der Waals surface area contributed by atoms with Crippen LogP contribution in [0.3, 0.4) is 0 Å². The second-order valence-corrected chi connectivity index (χ2v) is 10.6. The first kappa shape index (κ1) is 29.5. The van der Waals surface area contributed by atoms with E-state index in [1.807, 2.05) is 12.2 Å². The molecule has 0 aliphatic heterocycles. The molecule has 2 aliphatic carbocycles. The smallest absolute Gasteiger partial charge is 0.309 e. The number of fused-ring (bicyclic) bond motifs is 1. The highest BCUT2D eigenvalue weighted by Crippen LogP contribution is 2.44. The van der Waals surface area contributed by atoms with Gasteiger partial charge in [0.1, 0.15) is 6.10 Å². The summed E-state index contributed by atoms with van der Waals surface area (Å²) in [6, 6.07) is 0. The van der Waals surface area contributed by atoms with Gasteiger partial charge in [-0.1, -0.05) is 64.7 Å². The van der Waals surface area contributed by atoms with Crippen LogP contribution in [0.2, 0.25) is 0 Å². The first-order valence-corrected chi connectivity index (χ1v) is 13.5. The van der Waals surface area contributed by atoms with Crippen LogP contribution in [-0.4, -0.2) is 56.8 Å². The summed E-state index contributed by atoms with van der Waals surface area (Å²) in [4.78, 5) is 24.0. The van der Waals surface area contributed by atoms with Gasteiger partial charge in [-0.3, -0.25) is 9.59 Å². The van der Waals surface area contributed by atoms with Crippen molar-refractivity contribution in [2.45, 2.75) is 116 Å². The fourth-order valence-electron chi connectivity index (χ4n) is 5.61. The van der Waals surface area contributed by atoms with Crippen molar-refractivity contribution in [2.24, 2.45) is 23.7 Å². The molecule has 0 saturated heterocycles. The Kier molecular flexibility index (Phi) is 12.5. The van der Waals surface area contributed by atoms with E-state index in [0.717, 1.165) is 44.1 Å². The minimum absolute atomic E-state index is 0.0181. The van der Waals surface area contributed by atoms with Crippen LogP contribution in [0.25, 0.3) is 0 Å². The zero-order chi connectivity index (χ0) is 26.0. The van der Waals surface area contributed by atoms with E-state index in [1.165, 1.54) is 0 Å². The van der Waals surface area contributed by atoms with Crippen molar-refractivity contribution in [3.8, 4) is 0 Å². The number of allylic oxidation sites excluding steroid dienone is 2. The van der Waals surface area contributed by atoms with E-state index in [0.29, 0.717) is 19.3 Å². The van der Waals surface area contributed by atoms with E-state index in [4.69, 9.17) is 9.84 Å². The third-order valence-electron chi connectivity index (χ3n) is 7.57. The molecule has 0 amide bonds. The van der Waals surface area contributed by atoms with Gasteiger partial charge < -0.3 is 25.2 Å². The van der Waals surface area contributed by atoms with Gasteiger partial charge in [0.15, 0.2) is 0 Å². The molecule has 7 nitrogen and oxygen atoms in total. The quantitative estimate of drug-likeness (QED) is 0.249. The van der Waals surface area contributed by atoms with Crippen molar-refractivity contribution in [3.05, 3.63) is 23.8 Å². The molecule has 200 valence electrons. The number of aliphatic carboxylic acids is 1. The molecule has 0 aromatic carbocycles. The zero-order valence-corrected chi connectivity index (χ0v) is 21.6. The van der Waals surface area contributed by atoms with Gasteiger partial charge in [0, 0.05) is 12.3 Å². The lowest BCUT2D eigenvalue weighted by molar-refractivity contribution is -0.160. The standard InChI is InChI=1S/C28H46O7/c1-4-6-8-19(9-7-5-2)28(34)35-25-16-22(30)14-20-11-10-18(3)24(27(20)25)13-12-21(29)15-23(31)17-26(32)33/h10-11,14,18-19,21-25,27,29-31H,4-9,12-13,15-17H2,1-3H3,(H,32,33)/t18-,21-,22-,23-,24+,25+,27+/m1/s1. The number of aliphatic hydroxyl groups is 3. The van der Waals surface area contributed by atoms with Crippen LogP contribution in [0.5, 0.6) is 0 Å². The minimum Gasteiger partial charge on any atom is -0.481 e. The summed E-state index contributed by atoms with van der Waals surface area (Å²) < 4.78 is 6.14. The number of carboxylic acid groups (broad SMARTS) is 1. The van der Waals surface area contributed by atoms with E-state index < -0.39 is 30.4 Å². The Morgan fingerprint density at radius 1 is 1.09 bits per heavy atom. The van der Waals surface area contributed by atoms with Crippen molar-refractivity contribution in [1.29, 1.82) is 0 Å². The summed E-state index contributed by atoms with van der Waals surface area (Å²) in [5.41, 5.74) is 0.976. The number of carboxylic acids is 1. The van der Waals surface area contributed by atoms with E-state index in [-0.39, 0.29) is 42.5 Å². The number of hydrogen-bond acceptors (Lipinski definition) is 6. The van der Waals surface area contributed by atoms with Gasteiger partial charge in [-0.05, 0) is 49.5 Å². The molecule has 0 saturated carbocycles. The van der Waals surface area contributed by atoms with E-state index in [2.05, 4.69) is 26.8 Å². The zero-order valence-electron chi connectivity index (χ0n) is 21.6. The summed E-state index contributed by atoms with van der Waals surface area (Å²) in [5.74, 6) is -1.13. The molecule has 0 bridgehead atoms. The molecule has 7 atom stereocenters. The first-order chi connectivity index (χ1) is 16.7. The Hall–Kier alpha value is -1.70. The van der Waals surface area contributed by atoms with Crippen molar-refractivity contribution in [3.63, 3.8) is 0 Å². The lowest BCUT2D eigenvalue weighted by Gasteiger charge is -2.43. The summed E-state index contributed by atoms with van der Waals surface area (Å²) >= 11 is 0. The van der Waals surface area contributed by atoms with Crippen molar-refractivity contribution < 1.29 is 34.8 Å². The van der Waals surface area contributed by atoms with Crippen molar-refractivity contribution >= 4 is 11.9 Å². The topological polar surface area (TPSA) is 124 Å². The van der Waals surface area contributed by atoms with Crippen molar-refractivity contribution in [1.82, 2.24) is 0 Å². The summed E-state index contributed by atoms with van der Waals surface area (Å²) in [7, 11) is 0. The molecular formula is C28H46O7. The number of carbonyl (C=O) groups is 2. The van der Waals surface area contributed by atoms with Crippen LogP contribution in [0, 0.1) is 23.7 Å². The average Bonchev–Trinajstić information content (AvgIpc) is 2.77. The highest BCUT2D eigenvalue weighted by molar-refractivity contribution is 5.72. The molecule has 0 aromatic rings. The van der Waals surface area contributed by atoms with Crippen LogP contribution in [-0.2, 0) is 14.3 Å². The van der Waals surface area contributed by atoms with E-state index in [9.17, 15) is 24.9 Å². The van der Waals surface area contributed by atoms with Crippen LogP contribution in [0.1, 0.15) is 91.4 Å². The lowest BCUT2D eigenvalue weighted by Crippen LogP contribution is -2.43. The monoisotopic (exact) mass is 494 g/mol. The molecule has 2 aliphatic rings. The van der Waals surface area contributed by atoms with E-state index in [1.54, 1.807) is 0 Å². The van der Waals surface area contributed by atoms with Gasteiger partial charge >= 0.3 is 11.9 Å². The number of unbranched alkanes of at least 4 members (excludes halogenated alkanes) is 2. The molecule has 35 heavy (non-hydrogen) atoms. The normalized spacial score (nSPS) is 27.7. The maximum absolute atomic E-state index is 13.2. The molecule has 2 rings (SSSR count).